The zero-order valence-corrected chi connectivity index (χ0v) is 15.1. The Kier molecular flexibility index (Phi) is 4.04. The highest BCUT2D eigenvalue weighted by atomic mass is 19.1. The van der Waals surface area contributed by atoms with Gasteiger partial charge in [-0.15, -0.1) is 5.10 Å². The van der Waals surface area contributed by atoms with E-state index in [1.807, 2.05) is 24.3 Å². The molecule has 0 amide bonds. The van der Waals surface area contributed by atoms with Crippen LogP contribution in [0.25, 0.3) is 16.9 Å². The Morgan fingerprint density at radius 1 is 0.929 bits per heavy atom. The van der Waals surface area contributed by atoms with Gasteiger partial charge in [-0.2, -0.15) is 0 Å². The summed E-state index contributed by atoms with van der Waals surface area (Å²) in [6, 6.07) is 17.1. The highest BCUT2D eigenvalue weighted by Gasteiger charge is 2.28. The van der Waals surface area contributed by atoms with Crippen molar-refractivity contribution in [1.82, 2.24) is 14.6 Å². The lowest BCUT2D eigenvalue weighted by molar-refractivity contribution is 0.617. The molecule has 6 heteroatoms. The van der Waals surface area contributed by atoms with E-state index in [0.717, 1.165) is 42.0 Å². The minimum atomic E-state index is -0.297. The van der Waals surface area contributed by atoms with Gasteiger partial charge in [-0.1, -0.05) is 24.3 Å². The van der Waals surface area contributed by atoms with E-state index in [1.54, 1.807) is 28.9 Å². The van der Waals surface area contributed by atoms with Crippen molar-refractivity contribution in [1.29, 1.82) is 0 Å². The van der Waals surface area contributed by atoms with Crippen LogP contribution in [0, 0.1) is 11.6 Å². The molecule has 0 unspecified atom stereocenters. The minimum absolute atomic E-state index is 0.0850. The number of halogens is 2. The van der Waals surface area contributed by atoms with Crippen LogP contribution in [0.2, 0.25) is 0 Å². The molecule has 5 rings (SSSR count). The van der Waals surface area contributed by atoms with Gasteiger partial charge in [-0.05, 0) is 54.8 Å². The van der Waals surface area contributed by atoms with Crippen molar-refractivity contribution >= 4 is 11.5 Å². The lowest BCUT2D eigenvalue weighted by atomic mass is 10.0. The summed E-state index contributed by atoms with van der Waals surface area (Å²) in [4.78, 5) is 6.59. The van der Waals surface area contributed by atoms with E-state index in [0.29, 0.717) is 5.65 Å². The first-order valence-electron chi connectivity index (χ1n) is 9.32. The highest BCUT2D eigenvalue weighted by Crippen LogP contribution is 2.35. The Bertz CT molecular complexity index is 1150. The van der Waals surface area contributed by atoms with E-state index in [2.05, 4.69) is 9.88 Å². The van der Waals surface area contributed by atoms with E-state index >= 15 is 0 Å². The summed E-state index contributed by atoms with van der Waals surface area (Å²) in [7, 11) is 0. The molecule has 140 valence electrons. The molecule has 0 radical (unpaired) electrons. The van der Waals surface area contributed by atoms with Gasteiger partial charge in [0.25, 0.3) is 0 Å². The third kappa shape index (κ3) is 2.91. The van der Waals surface area contributed by atoms with Crippen LogP contribution in [-0.4, -0.2) is 21.1 Å². The summed E-state index contributed by atoms with van der Waals surface area (Å²) in [6.45, 7) is 0.851. The molecule has 0 bridgehead atoms. The number of hydrogen-bond acceptors (Lipinski definition) is 3. The summed E-state index contributed by atoms with van der Waals surface area (Å²) in [5.41, 5.74) is 3.11. The van der Waals surface area contributed by atoms with Gasteiger partial charge in [0, 0.05) is 12.1 Å². The number of fused-ring (bicyclic) bond motifs is 1. The van der Waals surface area contributed by atoms with Gasteiger partial charge >= 0.3 is 0 Å². The zero-order valence-electron chi connectivity index (χ0n) is 15.1. The van der Waals surface area contributed by atoms with Crippen LogP contribution in [0.1, 0.15) is 24.4 Å². The maximum atomic E-state index is 13.7. The average Bonchev–Trinajstić information content (AvgIpc) is 3.34. The molecule has 2 aromatic carbocycles. The van der Waals surface area contributed by atoms with Crippen LogP contribution in [0.5, 0.6) is 0 Å². The first kappa shape index (κ1) is 16.9. The monoisotopic (exact) mass is 376 g/mol. The van der Waals surface area contributed by atoms with Crippen LogP contribution in [0.4, 0.5) is 14.6 Å². The highest BCUT2D eigenvalue weighted by molar-refractivity contribution is 5.64. The molecule has 2 aromatic heterocycles. The molecule has 1 atom stereocenters. The lowest BCUT2D eigenvalue weighted by Crippen LogP contribution is -2.24. The summed E-state index contributed by atoms with van der Waals surface area (Å²) < 4.78 is 29.1. The van der Waals surface area contributed by atoms with Crippen molar-refractivity contribution in [2.24, 2.45) is 0 Å². The number of nitrogens with zero attached hydrogens (tertiary/aromatic N) is 4. The van der Waals surface area contributed by atoms with E-state index in [1.165, 1.54) is 18.2 Å². The van der Waals surface area contributed by atoms with Crippen LogP contribution >= 0.6 is 0 Å². The van der Waals surface area contributed by atoms with E-state index in [-0.39, 0.29) is 17.7 Å². The molecular weight excluding hydrogens is 358 g/mol. The quantitative estimate of drug-likeness (QED) is 0.504. The lowest BCUT2D eigenvalue weighted by Gasteiger charge is -2.26. The normalized spacial score (nSPS) is 16.8. The fourth-order valence-corrected chi connectivity index (χ4v) is 3.96. The SMILES string of the molecule is Fc1cccc(-c2cnc3ccc(N4CCC[C@@H]4c4cccc(F)c4)nn23)c1. The minimum Gasteiger partial charge on any atom is -0.348 e. The number of anilines is 1. The number of hydrogen-bond donors (Lipinski definition) is 0. The molecule has 1 aliphatic heterocycles. The molecule has 1 saturated heterocycles. The average molecular weight is 376 g/mol. The van der Waals surface area contributed by atoms with Gasteiger partial charge < -0.3 is 4.90 Å². The second kappa shape index (κ2) is 6.71. The maximum Gasteiger partial charge on any atom is 0.154 e. The van der Waals surface area contributed by atoms with Crippen molar-refractivity contribution in [3.63, 3.8) is 0 Å². The molecule has 0 saturated carbocycles. The largest absolute Gasteiger partial charge is 0.348 e. The van der Waals surface area contributed by atoms with Crippen molar-refractivity contribution in [3.8, 4) is 11.3 Å². The van der Waals surface area contributed by atoms with Gasteiger partial charge in [0.2, 0.25) is 0 Å². The molecule has 0 N–H and O–H groups in total. The molecule has 4 aromatic rings. The molecule has 28 heavy (non-hydrogen) atoms. The van der Waals surface area contributed by atoms with E-state index in [9.17, 15) is 8.78 Å². The maximum absolute atomic E-state index is 13.7. The first-order valence-corrected chi connectivity index (χ1v) is 9.32. The summed E-state index contributed by atoms with van der Waals surface area (Å²) in [6.07, 6.45) is 3.67. The third-order valence-corrected chi connectivity index (χ3v) is 5.25. The number of aromatic nitrogens is 3. The van der Waals surface area contributed by atoms with Crippen molar-refractivity contribution in [2.45, 2.75) is 18.9 Å². The number of rotatable bonds is 3. The Hall–Kier alpha value is -3.28. The Morgan fingerprint density at radius 2 is 1.75 bits per heavy atom. The fraction of sp³-hybridized carbons (Fsp3) is 0.182. The Morgan fingerprint density at radius 3 is 2.57 bits per heavy atom. The zero-order chi connectivity index (χ0) is 19.1. The Labute approximate surface area is 161 Å². The molecule has 0 aliphatic carbocycles. The predicted molar refractivity (Wildman–Crippen MR) is 104 cm³/mol. The van der Waals surface area contributed by atoms with E-state index in [4.69, 9.17) is 5.10 Å². The second-order valence-corrected chi connectivity index (χ2v) is 7.02. The van der Waals surface area contributed by atoms with Gasteiger partial charge in [-0.3, -0.25) is 0 Å². The van der Waals surface area contributed by atoms with Crippen LogP contribution in [-0.2, 0) is 0 Å². The first-order chi connectivity index (χ1) is 13.7. The van der Waals surface area contributed by atoms with Gasteiger partial charge in [0.05, 0.1) is 17.9 Å². The Balaban J connectivity index is 1.57. The van der Waals surface area contributed by atoms with Crippen molar-refractivity contribution in [3.05, 3.63) is 84.1 Å². The smallest absolute Gasteiger partial charge is 0.154 e. The molecule has 3 heterocycles. The fourth-order valence-electron chi connectivity index (χ4n) is 3.96. The standard InChI is InChI=1S/C22H18F2N4/c23-17-6-1-4-15(12-17)19-8-3-11-27(19)22-10-9-21-25-14-20(28(21)26-22)16-5-2-7-18(24)13-16/h1-2,4-7,9-10,12-14,19H,3,8,11H2/t19-/m1/s1. The number of benzene rings is 2. The molecule has 1 fully saturated rings. The number of imidazole rings is 1. The van der Waals surface area contributed by atoms with Crippen LogP contribution in [0.3, 0.4) is 0 Å². The third-order valence-electron chi connectivity index (χ3n) is 5.25. The summed E-state index contributed by atoms with van der Waals surface area (Å²) >= 11 is 0. The molecular formula is C22H18F2N4. The molecule has 4 nitrogen and oxygen atoms in total. The van der Waals surface area contributed by atoms with E-state index < -0.39 is 0 Å². The molecule has 0 spiro atoms. The topological polar surface area (TPSA) is 33.4 Å². The van der Waals surface area contributed by atoms with Crippen molar-refractivity contribution in [2.75, 3.05) is 11.4 Å². The van der Waals surface area contributed by atoms with Crippen molar-refractivity contribution < 1.29 is 8.78 Å². The van der Waals surface area contributed by atoms with Gasteiger partial charge in [0.15, 0.2) is 5.65 Å². The van der Waals surface area contributed by atoms with Gasteiger partial charge in [-0.25, -0.2) is 18.3 Å². The van der Waals surface area contributed by atoms with Crippen LogP contribution < -0.4 is 4.90 Å². The predicted octanol–water partition coefficient (Wildman–Crippen LogP) is 5.02. The van der Waals surface area contributed by atoms with Gasteiger partial charge in [0.1, 0.15) is 17.5 Å². The summed E-state index contributed by atoms with van der Waals surface area (Å²) in [5, 5.41) is 4.79. The second-order valence-electron chi connectivity index (χ2n) is 7.02. The molecule has 1 aliphatic rings. The summed E-state index contributed by atoms with van der Waals surface area (Å²) in [5.74, 6) is 0.278. The van der Waals surface area contributed by atoms with Crippen LogP contribution in [0.15, 0.2) is 66.9 Å².